The summed E-state index contributed by atoms with van der Waals surface area (Å²) in [6, 6.07) is -1.01. The highest BCUT2D eigenvalue weighted by molar-refractivity contribution is 8.08. The van der Waals surface area contributed by atoms with E-state index in [0.717, 1.165) is 11.5 Å². The second kappa shape index (κ2) is 12.4. The van der Waals surface area contributed by atoms with Crippen LogP contribution in [0, 0.1) is 0 Å². The maximum Gasteiger partial charge on any atom is 0.481 e. The second-order valence-corrected chi connectivity index (χ2v) is 14.0. The molecule has 0 amide bonds. The monoisotopic (exact) mass is 651 g/mol. The van der Waals surface area contributed by atoms with Crippen molar-refractivity contribution in [2.75, 3.05) is 18.9 Å². The highest BCUT2D eigenvalue weighted by atomic mass is 32.5. The summed E-state index contributed by atoms with van der Waals surface area (Å²) >= 11 is 5.72. The predicted octanol–water partition coefficient (Wildman–Crippen LogP) is -3.68. The molecule has 0 saturated carbocycles. The fraction of sp³-hybridized carbons (Fsp3) is 0.706. The molecule has 23 heteroatoms. The van der Waals surface area contributed by atoms with Gasteiger partial charge in [-0.1, -0.05) is 0 Å². The van der Waals surface area contributed by atoms with Crippen molar-refractivity contribution in [3.8, 4) is 0 Å². The van der Waals surface area contributed by atoms with Crippen LogP contribution < -0.4 is 11.5 Å². The molecular formula is C17H27N5O14P2S2. The third-order valence-electron chi connectivity index (χ3n) is 6.04. The van der Waals surface area contributed by atoms with E-state index in [1.54, 1.807) is 0 Å². The standard InChI is InChI=1S/C17H27N5O14P2S2/c18-6-9(25)5(33-14(6)15-7-8(22-40-15)16(19)21-3-20-7)2-32-38(31,39)36-37(29,30)35-17-12(28)10(26)11(27)13(34-17)4(24)1-23/h3-6,9-14,17,23-28H,1-2,18H2,(H,29,30)(H,31,39)(H2,19,20,21)/t4-,5+,6+,9+,10?,11?,12?,13?,14+,17?,38?/m0/s1. The summed E-state index contributed by atoms with van der Waals surface area (Å²) in [7, 11) is -5.42. The topological polar surface area (TPSA) is 316 Å². The molecule has 40 heavy (non-hydrogen) atoms. The van der Waals surface area contributed by atoms with Crippen LogP contribution >= 0.6 is 26.1 Å². The van der Waals surface area contributed by atoms with Crippen molar-refractivity contribution in [2.24, 2.45) is 5.73 Å². The average Bonchev–Trinajstić information content (AvgIpc) is 3.43. The van der Waals surface area contributed by atoms with E-state index in [-0.39, 0.29) is 5.82 Å². The number of rotatable bonds is 10. The number of anilines is 1. The normalized spacial score (nSPS) is 36.8. The van der Waals surface area contributed by atoms with Crippen LogP contribution in [-0.2, 0) is 39.2 Å². The predicted molar refractivity (Wildman–Crippen MR) is 135 cm³/mol. The molecule has 0 aliphatic carbocycles. The fourth-order valence-corrected chi connectivity index (χ4v) is 8.02. The SMILES string of the molecule is Nc1ncnc2c([C@@H]3O[C@H](COP(O)(=S)OP(=O)(O)OC4OC([C@@H](O)CO)C(O)C(O)C4O)[C@@H](O)[C@H]3N)snc12. The minimum atomic E-state index is -5.42. The lowest BCUT2D eigenvalue weighted by molar-refractivity contribution is -0.292. The van der Waals surface area contributed by atoms with Gasteiger partial charge < -0.3 is 65.9 Å². The number of phosphoric acid groups is 1. The Hall–Kier alpha value is -0.910. The summed E-state index contributed by atoms with van der Waals surface area (Å²) in [5, 5.41) is 59.3. The summed E-state index contributed by atoms with van der Waals surface area (Å²) in [6.45, 7) is -6.21. The molecule has 2 aromatic heterocycles. The van der Waals surface area contributed by atoms with Gasteiger partial charge in [0.05, 0.1) is 24.1 Å². The molecule has 12 N–H and O–H groups in total. The fourth-order valence-electron chi connectivity index (χ4n) is 4.00. The zero-order chi connectivity index (χ0) is 29.6. The molecule has 2 aliphatic rings. The van der Waals surface area contributed by atoms with Gasteiger partial charge in [0.15, 0.2) is 12.1 Å². The summed E-state index contributed by atoms with van der Waals surface area (Å²) < 4.78 is 41.7. The first-order chi connectivity index (χ1) is 18.7. The zero-order valence-corrected chi connectivity index (χ0v) is 23.4. The summed E-state index contributed by atoms with van der Waals surface area (Å²) in [6.07, 6.45) is -14.0. The number of nitrogens with two attached hydrogens (primary N) is 2. The Morgan fingerprint density at radius 3 is 2.48 bits per heavy atom. The van der Waals surface area contributed by atoms with Gasteiger partial charge in [-0.2, -0.15) is 4.37 Å². The van der Waals surface area contributed by atoms with Gasteiger partial charge in [-0.05, 0) is 23.3 Å². The van der Waals surface area contributed by atoms with E-state index in [4.69, 9.17) is 42.4 Å². The molecule has 2 aliphatic heterocycles. The number of aliphatic hydroxyl groups excluding tert-OH is 6. The van der Waals surface area contributed by atoms with Gasteiger partial charge in [0.2, 0.25) is 0 Å². The second-order valence-electron chi connectivity index (χ2n) is 8.78. The van der Waals surface area contributed by atoms with Gasteiger partial charge in [-0.25, -0.2) is 18.8 Å². The first-order valence-electron chi connectivity index (χ1n) is 11.3. The van der Waals surface area contributed by atoms with E-state index < -0.39 is 88.9 Å². The van der Waals surface area contributed by atoms with Crippen molar-refractivity contribution in [3.05, 3.63) is 11.2 Å². The van der Waals surface area contributed by atoms with Crippen LogP contribution in [0.25, 0.3) is 11.0 Å². The number of ether oxygens (including phenoxy) is 2. The van der Waals surface area contributed by atoms with Crippen molar-refractivity contribution < 1.29 is 67.8 Å². The van der Waals surface area contributed by atoms with Crippen molar-refractivity contribution in [1.82, 2.24) is 14.3 Å². The highest BCUT2D eigenvalue weighted by Crippen LogP contribution is 2.61. The molecule has 2 aromatic rings. The molecule has 12 atom stereocenters. The maximum absolute atomic E-state index is 12.5. The molecule has 7 unspecified atom stereocenters. The minimum Gasteiger partial charge on any atom is -0.394 e. The molecule has 226 valence electrons. The summed E-state index contributed by atoms with van der Waals surface area (Å²) in [4.78, 5) is 28.8. The Kier molecular flexibility index (Phi) is 9.90. The lowest BCUT2D eigenvalue weighted by Crippen LogP contribution is -2.61. The van der Waals surface area contributed by atoms with E-state index >= 15 is 0 Å². The highest BCUT2D eigenvalue weighted by Gasteiger charge is 2.50. The molecule has 4 rings (SSSR count). The third kappa shape index (κ3) is 6.67. The number of aliphatic hydroxyl groups is 6. The number of nitrogen functional groups attached to an aromatic ring is 1. The minimum absolute atomic E-state index is 0.130. The summed E-state index contributed by atoms with van der Waals surface area (Å²) in [5.74, 6) is 0.130. The Balaban J connectivity index is 1.38. The maximum atomic E-state index is 12.5. The van der Waals surface area contributed by atoms with Crippen molar-refractivity contribution >= 4 is 54.7 Å². The van der Waals surface area contributed by atoms with E-state index in [0.29, 0.717) is 15.9 Å². The molecular weight excluding hydrogens is 624 g/mol. The average molecular weight is 652 g/mol. The molecule has 2 fully saturated rings. The smallest absolute Gasteiger partial charge is 0.394 e. The largest absolute Gasteiger partial charge is 0.481 e. The number of hydrogen-bond acceptors (Lipinski definition) is 19. The third-order valence-corrected chi connectivity index (χ3v) is 10.5. The van der Waals surface area contributed by atoms with Crippen LogP contribution in [0.4, 0.5) is 5.82 Å². The molecule has 0 radical (unpaired) electrons. The molecule has 0 bridgehead atoms. The van der Waals surface area contributed by atoms with Gasteiger partial charge in [0.25, 0.3) is 0 Å². The Labute approximate surface area is 233 Å². The number of hydrogen-bond donors (Lipinski definition) is 10. The number of nitrogens with zero attached hydrogens (tertiary/aromatic N) is 3. The molecule has 2 saturated heterocycles. The summed E-state index contributed by atoms with van der Waals surface area (Å²) in [5.41, 5.74) is 12.6. The Morgan fingerprint density at radius 1 is 1.10 bits per heavy atom. The Morgan fingerprint density at radius 2 is 1.80 bits per heavy atom. The van der Waals surface area contributed by atoms with Gasteiger partial charge in [-0.3, -0.25) is 4.52 Å². The van der Waals surface area contributed by atoms with Crippen molar-refractivity contribution in [2.45, 2.75) is 61.2 Å². The van der Waals surface area contributed by atoms with Crippen molar-refractivity contribution in [1.29, 1.82) is 0 Å². The number of fused-ring (bicyclic) bond motifs is 1. The first-order valence-corrected chi connectivity index (χ1v) is 16.1. The van der Waals surface area contributed by atoms with Crippen LogP contribution in [0.5, 0.6) is 0 Å². The van der Waals surface area contributed by atoms with Gasteiger partial charge in [0, 0.05) is 0 Å². The van der Waals surface area contributed by atoms with Gasteiger partial charge >= 0.3 is 14.5 Å². The quantitative estimate of drug-likeness (QED) is 0.111. The van der Waals surface area contributed by atoms with Crippen LogP contribution in [0.2, 0.25) is 0 Å². The van der Waals surface area contributed by atoms with Crippen LogP contribution in [0.15, 0.2) is 6.33 Å². The molecule has 0 aromatic carbocycles. The molecule has 4 heterocycles. The van der Waals surface area contributed by atoms with E-state index in [1.807, 2.05) is 0 Å². The molecule has 19 nitrogen and oxygen atoms in total. The number of aromatic nitrogens is 3. The van der Waals surface area contributed by atoms with E-state index in [1.165, 1.54) is 6.33 Å². The van der Waals surface area contributed by atoms with E-state index in [9.17, 15) is 39.9 Å². The lowest BCUT2D eigenvalue weighted by atomic mass is 9.96. The molecule has 0 spiro atoms. The zero-order valence-electron chi connectivity index (χ0n) is 20.0. The van der Waals surface area contributed by atoms with E-state index in [2.05, 4.69) is 23.2 Å². The van der Waals surface area contributed by atoms with Crippen LogP contribution in [0.3, 0.4) is 0 Å². The first kappa shape index (κ1) is 32.0. The van der Waals surface area contributed by atoms with Gasteiger partial charge in [0.1, 0.15) is 66.2 Å². The van der Waals surface area contributed by atoms with Crippen LogP contribution in [-0.4, -0.2) is 123 Å². The van der Waals surface area contributed by atoms with Crippen LogP contribution in [0.1, 0.15) is 11.0 Å². The van der Waals surface area contributed by atoms with Crippen molar-refractivity contribution in [3.63, 3.8) is 0 Å². The van der Waals surface area contributed by atoms with Gasteiger partial charge in [-0.15, -0.1) is 0 Å². The lowest BCUT2D eigenvalue weighted by Gasteiger charge is -2.41. The Bertz CT molecular complexity index is 1290. The number of phosphoric ester groups is 1.